The van der Waals surface area contributed by atoms with Gasteiger partial charge in [0.05, 0.1) is 37.9 Å². The first-order valence-electron chi connectivity index (χ1n) is 18.8. The van der Waals surface area contributed by atoms with Crippen LogP contribution in [-0.4, -0.2) is 77.2 Å². The zero-order valence-electron chi connectivity index (χ0n) is 31.4. The van der Waals surface area contributed by atoms with Crippen molar-refractivity contribution in [1.29, 1.82) is 0 Å². The molecule has 0 bridgehead atoms. The average Bonchev–Trinajstić information content (AvgIpc) is 3.66. The Morgan fingerprint density at radius 2 is 1.83 bits per heavy atom. The van der Waals surface area contributed by atoms with Crippen LogP contribution in [0.4, 0.5) is 0 Å². The van der Waals surface area contributed by atoms with E-state index >= 15 is 0 Å². The normalized spacial score (nSPS) is 25.0. The number of benzene rings is 2. The van der Waals surface area contributed by atoms with Crippen LogP contribution >= 0.6 is 0 Å². The highest BCUT2D eigenvalue weighted by Gasteiger charge is 2.62. The van der Waals surface area contributed by atoms with Crippen LogP contribution in [0.15, 0.2) is 66.7 Å². The number of amides is 2. The van der Waals surface area contributed by atoms with Crippen molar-refractivity contribution >= 4 is 34.7 Å². The van der Waals surface area contributed by atoms with Crippen molar-refractivity contribution in [3.05, 3.63) is 66.7 Å². The van der Waals surface area contributed by atoms with Gasteiger partial charge < -0.3 is 29.2 Å². The number of allylic oxidation sites excluding steroid dienone is 1. The maximum Gasteiger partial charge on any atom is 0.332 e. The molecule has 2 aliphatic heterocycles. The van der Waals surface area contributed by atoms with Crippen LogP contribution in [0.2, 0.25) is 0 Å². The van der Waals surface area contributed by atoms with Crippen molar-refractivity contribution in [1.82, 2.24) is 15.2 Å². The molecule has 282 valence electrons. The molecule has 1 N–H and O–H groups in total. The molecule has 0 radical (unpaired) electrons. The number of esters is 2. The third kappa shape index (κ3) is 8.83. The van der Waals surface area contributed by atoms with E-state index < -0.39 is 47.0 Å². The lowest BCUT2D eigenvalue weighted by Crippen LogP contribution is -2.54. The number of rotatable bonds is 8. The van der Waals surface area contributed by atoms with E-state index in [1.807, 2.05) is 54.6 Å². The van der Waals surface area contributed by atoms with Crippen molar-refractivity contribution in [3.8, 4) is 22.8 Å². The highest BCUT2D eigenvalue weighted by molar-refractivity contribution is 5.96. The number of carbonyl (C=O) groups is 4. The van der Waals surface area contributed by atoms with Gasteiger partial charge in [-0.25, -0.2) is 9.78 Å². The molecule has 53 heavy (non-hydrogen) atoms. The monoisotopic (exact) mass is 725 g/mol. The minimum Gasteiger partial charge on any atom is -0.497 e. The highest BCUT2D eigenvalue weighted by atomic mass is 16.6. The van der Waals surface area contributed by atoms with Gasteiger partial charge in [-0.05, 0) is 65.5 Å². The zero-order valence-corrected chi connectivity index (χ0v) is 31.4. The fourth-order valence-corrected chi connectivity index (χ4v) is 7.45. The van der Waals surface area contributed by atoms with Crippen LogP contribution < -0.4 is 14.8 Å². The number of hydrogen-bond donors (Lipinski definition) is 1. The van der Waals surface area contributed by atoms with Crippen LogP contribution in [0.25, 0.3) is 22.2 Å². The molecule has 0 unspecified atom stereocenters. The first-order chi connectivity index (χ1) is 25.4. The molecule has 1 saturated heterocycles. The molecule has 0 spiro atoms. The molecule has 3 heterocycles. The van der Waals surface area contributed by atoms with E-state index in [1.165, 1.54) is 4.90 Å². The number of fused-ring (bicyclic) bond motifs is 3. The summed E-state index contributed by atoms with van der Waals surface area (Å²) in [5.74, 6) is -1.54. The first kappa shape index (κ1) is 37.8. The second-order valence-corrected chi connectivity index (χ2v) is 15.3. The third-order valence-electron chi connectivity index (χ3n) is 10.2. The number of methoxy groups -OCH3 is 1. The molecule has 3 aromatic rings. The lowest BCUT2D eigenvalue weighted by Gasteiger charge is -2.29. The van der Waals surface area contributed by atoms with E-state index in [9.17, 15) is 19.2 Å². The van der Waals surface area contributed by atoms with Crippen LogP contribution in [0.3, 0.4) is 0 Å². The van der Waals surface area contributed by atoms with Gasteiger partial charge in [-0.15, -0.1) is 0 Å². The summed E-state index contributed by atoms with van der Waals surface area (Å²) >= 11 is 0. The first-order valence-corrected chi connectivity index (χ1v) is 18.8. The summed E-state index contributed by atoms with van der Waals surface area (Å²) in [5, 5.41) is 3.77. The molecule has 1 saturated carbocycles. The zero-order chi connectivity index (χ0) is 37.8. The average molecular weight is 726 g/mol. The van der Waals surface area contributed by atoms with Crippen molar-refractivity contribution < 1.29 is 38.1 Å². The summed E-state index contributed by atoms with van der Waals surface area (Å²) in [4.78, 5) is 61.7. The Hall–Kier alpha value is -4.93. The van der Waals surface area contributed by atoms with Crippen molar-refractivity contribution in [2.45, 2.75) is 102 Å². The molecule has 5 atom stereocenters. The van der Waals surface area contributed by atoms with Crippen molar-refractivity contribution in [3.63, 3.8) is 0 Å². The Morgan fingerprint density at radius 3 is 2.57 bits per heavy atom. The van der Waals surface area contributed by atoms with Gasteiger partial charge in [0, 0.05) is 41.3 Å². The number of carbonyl (C=O) groups excluding carboxylic acids is 4. The highest BCUT2D eigenvalue weighted by Crippen LogP contribution is 2.46. The van der Waals surface area contributed by atoms with Crippen LogP contribution in [0, 0.1) is 11.8 Å². The quantitative estimate of drug-likeness (QED) is 0.202. The summed E-state index contributed by atoms with van der Waals surface area (Å²) < 4.78 is 23.4. The Kier molecular flexibility index (Phi) is 11.4. The molecule has 2 amide bonds. The third-order valence-corrected chi connectivity index (χ3v) is 10.2. The molecule has 1 aliphatic carbocycles. The van der Waals surface area contributed by atoms with Gasteiger partial charge in [-0.2, -0.15) is 0 Å². The van der Waals surface area contributed by atoms with Gasteiger partial charge in [0.25, 0.3) is 0 Å². The van der Waals surface area contributed by atoms with E-state index in [0.29, 0.717) is 29.9 Å². The summed E-state index contributed by atoms with van der Waals surface area (Å²) in [5.41, 5.74) is 0.535. The second-order valence-electron chi connectivity index (χ2n) is 15.3. The maximum absolute atomic E-state index is 14.6. The Balaban J connectivity index is 1.33. The molecular formula is C42H51N3O8. The minimum absolute atomic E-state index is 0.100. The minimum atomic E-state index is -1.20. The smallest absolute Gasteiger partial charge is 0.332 e. The Morgan fingerprint density at radius 1 is 1.04 bits per heavy atom. The molecule has 3 aliphatic rings. The van der Waals surface area contributed by atoms with E-state index in [4.69, 9.17) is 23.9 Å². The molecule has 2 fully saturated rings. The molecule has 1 aromatic heterocycles. The summed E-state index contributed by atoms with van der Waals surface area (Å²) in [6.45, 7) is 7.41. The topological polar surface area (TPSA) is 133 Å². The van der Waals surface area contributed by atoms with Crippen molar-refractivity contribution in [2.24, 2.45) is 11.8 Å². The number of ether oxygens (including phenoxy) is 4. The number of pyridine rings is 1. The predicted molar refractivity (Wildman–Crippen MR) is 200 cm³/mol. The summed E-state index contributed by atoms with van der Waals surface area (Å²) in [6, 6.07) is 16.4. The number of hydrogen-bond acceptors (Lipinski definition) is 9. The molecule has 11 heteroatoms. The maximum atomic E-state index is 14.6. The summed E-state index contributed by atoms with van der Waals surface area (Å²) in [6.07, 6.45) is 7.74. The number of aromatic nitrogens is 1. The standard InChI is InChI=1S/C42H51N3O8/c1-6-51-40(49)42-25-29(42)18-14-9-7-8-11-17-28(21-37(46)53-41(2,3)4)39(48)45-26-31(23-35(45)38(47)44-42)52-36-24-30(50-5)22-34-32(36)19-20-33(43-34)27-15-12-10-13-16-27/h10,12-16,18-20,22,24,28-29,31,35H,6-9,11,17,21,23,25-26H2,1-5H3,(H,44,47)/t28-,29-,31-,35+,42-/m1/s1. The van der Waals surface area contributed by atoms with Crippen LogP contribution in [0.1, 0.15) is 79.1 Å². The molecule has 11 nitrogen and oxygen atoms in total. The van der Waals surface area contributed by atoms with Gasteiger partial charge in [-0.3, -0.25) is 14.4 Å². The van der Waals surface area contributed by atoms with E-state index in [2.05, 4.69) is 11.4 Å². The van der Waals surface area contributed by atoms with Crippen LogP contribution in [-0.2, 0) is 28.7 Å². The lowest BCUT2D eigenvalue weighted by molar-refractivity contribution is -0.159. The van der Waals surface area contributed by atoms with Gasteiger partial charge in [-0.1, -0.05) is 55.3 Å². The molecular weight excluding hydrogens is 674 g/mol. The lowest BCUT2D eigenvalue weighted by atomic mass is 9.95. The van der Waals surface area contributed by atoms with Gasteiger partial charge in [0.15, 0.2) is 0 Å². The Labute approximate surface area is 311 Å². The van der Waals surface area contributed by atoms with E-state index in [-0.39, 0.29) is 37.8 Å². The second kappa shape index (κ2) is 16.0. The number of nitrogens with zero attached hydrogens (tertiary/aromatic N) is 2. The predicted octanol–water partition coefficient (Wildman–Crippen LogP) is 6.57. The van der Waals surface area contributed by atoms with Gasteiger partial charge >= 0.3 is 11.9 Å². The SMILES string of the molecule is CCOC(=O)[C@@]12C[C@H]1C=CCCCCC[C@H](CC(=O)OC(C)(C)C)C(=O)N1C[C@H](Oc3cc(OC)cc4nc(-c5ccccc5)ccc34)C[C@H]1C(=O)N2. The molecule has 2 aromatic carbocycles. The summed E-state index contributed by atoms with van der Waals surface area (Å²) in [7, 11) is 1.58. The number of nitrogens with one attached hydrogen (secondary N) is 1. The van der Waals surface area contributed by atoms with Gasteiger partial charge in [0.2, 0.25) is 11.8 Å². The molecule has 6 rings (SSSR count). The van der Waals surface area contributed by atoms with Gasteiger partial charge in [0.1, 0.15) is 34.8 Å². The largest absolute Gasteiger partial charge is 0.497 e. The fourth-order valence-electron chi connectivity index (χ4n) is 7.45. The van der Waals surface area contributed by atoms with Crippen molar-refractivity contribution in [2.75, 3.05) is 20.3 Å². The fraction of sp³-hybridized carbons (Fsp3) is 0.500. The van der Waals surface area contributed by atoms with E-state index in [1.54, 1.807) is 40.9 Å². The van der Waals surface area contributed by atoms with Crippen LogP contribution in [0.5, 0.6) is 11.5 Å². The van der Waals surface area contributed by atoms with E-state index in [0.717, 1.165) is 42.3 Å². The Bertz CT molecular complexity index is 1850.